The molecule has 0 aromatic heterocycles. The first-order valence-corrected chi connectivity index (χ1v) is 6.72. The van der Waals surface area contributed by atoms with E-state index in [1.165, 1.54) is 18.2 Å². The van der Waals surface area contributed by atoms with Crippen molar-refractivity contribution in [1.82, 2.24) is 4.90 Å². The van der Waals surface area contributed by atoms with Gasteiger partial charge >= 0.3 is 11.7 Å². The van der Waals surface area contributed by atoms with E-state index < -0.39 is 29.0 Å². The molecule has 0 spiro atoms. The molecule has 0 heterocycles. The number of hydrogen-bond donors (Lipinski definition) is 1. The summed E-state index contributed by atoms with van der Waals surface area (Å²) >= 11 is 5.77. The molecule has 0 bridgehead atoms. The molecule has 1 aromatic rings. The predicted octanol–water partition coefficient (Wildman–Crippen LogP) is 2.18. The average molecular weight is 313 g/mol. The summed E-state index contributed by atoms with van der Waals surface area (Å²) in [6.07, 6.45) is 1.86. The van der Waals surface area contributed by atoms with Gasteiger partial charge in [0, 0.05) is 6.54 Å². The Hall–Kier alpha value is -2.15. The van der Waals surface area contributed by atoms with Crippen LogP contribution in [0.3, 0.4) is 0 Å². The molecule has 1 aliphatic carbocycles. The van der Waals surface area contributed by atoms with Gasteiger partial charge in [0.05, 0.1) is 4.92 Å². The van der Waals surface area contributed by atoms with Crippen LogP contribution in [0.1, 0.15) is 23.2 Å². The molecule has 1 aromatic carbocycles. The average Bonchev–Trinajstić information content (AvgIpc) is 3.19. The van der Waals surface area contributed by atoms with Crippen LogP contribution in [0.25, 0.3) is 0 Å². The molecule has 21 heavy (non-hydrogen) atoms. The van der Waals surface area contributed by atoms with Crippen molar-refractivity contribution in [1.29, 1.82) is 0 Å². The number of carboxylic acids is 1. The van der Waals surface area contributed by atoms with Gasteiger partial charge in [0.25, 0.3) is 5.91 Å². The van der Waals surface area contributed by atoms with Gasteiger partial charge in [0.1, 0.15) is 17.1 Å². The third-order valence-corrected chi connectivity index (χ3v) is 3.49. The van der Waals surface area contributed by atoms with Crippen molar-refractivity contribution in [3.8, 4) is 0 Å². The minimum atomic E-state index is -1.16. The van der Waals surface area contributed by atoms with Gasteiger partial charge in [-0.3, -0.25) is 19.7 Å². The number of benzene rings is 1. The minimum absolute atomic E-state index is 0.146. The van der Waals surface area contributed by atoms with E-state index in [0.717, 1.165) is 17.7 Å². The van der Waals surface area contributed by atoms with Gasteiger partial charge in [-0.1, -0.05) is 17.7 Å². The van der Waals surface area contributed by atoms with Crippen LogP contribution in [0, 0.1) is 16.0 Å². The third-order valence-electron chi connectivity index (χ3n) is 3.19. The normalized spacial score (nSPS) is 13.8. The molecule has 112 valence electrons. The van der Waals surface area contributed by atoms with Crippen molar-refractivity contribution in [2.45, 2.75) is 12.8 Å². The van der Waals surface area contributed by atoms with Gasteiger partial charge < -0.3 is 10.0 Å². The molecule has 1 N–H and O–H groups in total. The molecule has 0 atom stereocenters. The number of nitro groups is 1. The van der Waals surface area contributed by atoms with Crippen molar-refractivity contribution in [3.63, 3.8) is 0 Å². The number of nitrogens with zero attached hydrogens (tertiary/aromatic N) is 2. The maximum absolute atomic E-state index is 12.4. The second kappa shape index (κ2) is 6.09. The van der Waals surface area contributed by atoms with Crippen LogP contribution in [0.2, 0.25) is 5.02 Å². The number of nitro benzene ring substituents is 1. The molecule has 2 rings (SSSR count). The lowest BCUT2D eigenvalue weighted by atomic mass is 10.1. The Bertz CT molecular complexity index is 600. The summed E-state index contributed by atoms with van der Waals surface area (Å²) in [5.74, 6) is -1.57. The molecule has 1 aliphatic rings. The topological polar surface area (TPSA) is 101 Å². The second-order valence-electron chi connectivity index (χ2n) is 4.92. The van der Waals surface area contributed by atoms with Crippen LogP contribution < -0.4 is 0 Å². The Morgan fingerprint density at radius 1 is 1.43 bits per heavy atom. The summed E-state index contributed by atoms with van der Waals surface area (Å²) in [7, 11) is 0. The second-order valence-corrected chi connectivity index (χ2v) is 5.32. The van der Waals surface area contributed by atoms with E-state index in [4.69, 9.17) is 16.7 Å². The zero-order chi connectivity index (χ0) is 15.6. The highest BCUT2D eigenvalue weighted by molar-refractivity contribution is 6.33. The van der Waals surface area contributed by atoms with E-state index in [1.807, 2.05) is 0 Å². The number of aliphatic carboxylic acids is 1. The summed E-state index contributed by atoms with van der Waals surface area (Å²) in [6, 6.07) is 4.03. The van der Waals surface area contributed by atoms with Crippen molar-refractivity contribution in [2.75, 3.05) is 13.1 Å². The van der Waals surface area contributed by atoms with Crippen molar-refractivity contribution in [2.24, 2.45) is 5.92 Å². The first kappa shape index (κ1) is 15.2. The molecule has 8 heteroatoms. The number of carbonyl (C=O) groups excluding carboxylic acids is 1. The summed E-state index contributed by atoms with van der Waals surface area (Å²) in [5, 5.41) is 19.8. The zero-order valence-corrected chi connectivity index (χ0v) is 11.7. The smallest absolute Gasteiger partial charge is 0.323 e. The van der Waals surface area contributed by atoms with Crippen LogP contribution in [0.5, 0.6) is 0 Å². The molecule has 7 nitrogen and oxygen atoms in total. The van der Waals surface area contributed by atoms with Crippen LogP contribution >= 0.6 is 11.6 Å². The van der Waals surface area contributed by atoms with Crippen LogP contribution in [-0.4, -0.2) is 39.9 Å². The monoisotopic (exact) mass is 312 g/mol. The fourth-order valence-corrected chi connectivity index (χ4v) is 2.28. The first-order valence-electron chi connectivity index (χ1n) is 6.34. The van der Waals surface area contributed by atoms with Gasteiger partial charge in [0.15, 0.2) is 0 Å². The SMILES string of the molecule is O=C(O)CN(CC1CC1)C(=O)c1cccc(Cl)c1[N+](=O)[O-]. The number of hydrogen-bond acceptors (Lipinski definition) is 4. The number of amides is 1. The molecule has 0 radical (unpaired) electrons. The van der Waals surface area contributed by atoms with Crippen molar-refractivity contribution < 1.29 is 19.6 Å². The van der Waals surface area contributed by atoms with E-state index in [9.17, 15) is 19.7 Å². The molecule has 0 saturated heterocycles. The Balaban J connectivity index is 2.33. The number of halogens is 1. The molecule has 1 fully saturated rings. The molecule has 0 unspecified atom stereocenters. The van der Waals surface area contributed by atoms with Crippen LogP contribution in [-0.2, 0) is 4.79 Å². The Morgan fingerprint density at radius 3 is 2.62 bits per heavy atom. The fourth-order valence-electron chi connectivity index (χ4n) is 2.04. The van der Waals surface area contributed by atoms with Gasteiger partial charge in [-0.25, -0.2) is 0 Å². The van der Waals surface area contributed by atoms with Gasteiger partial charge in [-0.15, -0.1) is 0 Å². The highest BCUT2D eigenvalue weighted by Crippen LogP contribution is 2.32. The van der Waals surface area contributed by atoms with Crippen LogP contribution in [0.15, 0.2) is 18.2 Å². The third kappa shape index (κ3) is 3.69. The number of rotatable bonds is 6. The number of carbonyl (C=O) groups is 2. The quantitative estimate of drug-likeness (QED) is 0.641. The lowest BCUT2D eigenvalue weighted by Gasteiger charge is -2.20. The summed E-state index contributed by atoms with van der Waals surface area (Å²) in [6.45, 7) is -0.201. The molecular weight excluding hydrogens is 300 g/mol. The highest BCUT2D eigenvalue weighted by Gasteiger charge is 2.32. The molecule has 1 amide bonds. The fraction of sp³-hybridized carbons (Fsp3) is 0.385. The Kier molecular flexibility index (Phi) is 4.42. The largest absolute Gasteiger partial charge is 0.480 e. The Labute approximate surface area is 125 Å². The van der Waals surface area contributed by atoms with E-state index in [-0.39, 0.29) is 23.0 Å². The minimum Gasteiger partial charge on any atom is -0.480 e. The summed E-state index contributed by atoms with van der Waals surface area (Å²) in [4.78, 5) is 34.8. The predicted molar refractivity (Wildman–Crippen MR) is 74.4 cm³/mol. The number of carboxylic acid groups (broad SMARTS) is 1. The maximum Gasteiger partial charge on any atom is 0.323 e. The van der Waals surface area contributed by atoms with Gasteiger partial charge in [0.2, 0.25) is 0 Å². The zero-order valence-electron chi connectivity index (χ0n) is 11.0. The van der Waals surface area contributed by atoms with E-state index >= 15 is 0 Å². The lowest BCUT2D eigenvalue weighted by Crippen LogP contribution is -2.37. The van der Waals surface area contributed by atoms with Gasteiger partial charge in [-0.2, -0.15) is 0 Å². The summed E-state index contributed by atoms with van der Waals surface area (Å²) < 4.78 is 0. The van der Waals surface area contributed by atoms with E-state index in [2.05, 4.69) is 0 Å². The van der Waals surface area contributed by atoms with E-state index in [0.29, 0.717) is 0 Å². The first-order chi connectivity index (χ1) is 9.90. The van der Waals surface area contributed by atoms with Crippen molar-refractivity contribution in [3.05, 3.63) is 38.9 Å². The number of para-hydroxylation sites is 1. The van der Waals surface area contributed by atoms with Crippen molar-refractivity contribution >= 4 is 29.2 Å². The van der Waals surface area contributed by atoms with E-state index in [1.54, 1.807) is 0 Å². The summed E-state index contributed by atoms with van der Waals surface area (Å²) in [5.41, 5.74) is -0.676. The molecule has 0 aliphatic heterocycles. The molecular formula is C13H13ClN2O5. The van der Waals surface area contributed by atoms with Crippen LogP contribution in [0.4, 0.5) is 5.69 Å². The molecule has 1 saturated carbocycles. The Morgan fingerprint density at radius 2 is 2.10 bits per heavy atom. The lowest BCUT2D eigenvalue weighted by molar-refractivity contribution is -0.385. The highest BCUT2D eigenvalue weighted by atomic mass is 35.5. The standard InChI is InChI=1S/C13H13ClN2O5/c14-10-3-1-2-9(12(10)16(20)21)13(19)15(7-11(17)18)6-8-4-5-8/h1-3,8H,4-7H2,(H,17,18). The van der Waals surface area contributed by atoms with Gasteiger partial charge in [-0.05, 0) is 30.9 Å². The maximum atomic E-state index is 12.4.